The van der Waals surface area contributed by atoms with Gasteiger partial charge in [0.05, 0.1) is 74.9 Å². The molecule has 3 aliphatic heterocycles. The van der Waals surface area contributed by atoms with Crippen LogP contribution in [0.4, 0.5) is 59.4 Å². The summed E-state index contributed by atoms with van der Waals surface area (Å²) in [7, 11) is -4.17. The van der Waals surface area contributed by atoms with Gasteiger partial charge in [-0.2, -0.15) is 40.2 Å². The van der Waals surface area contributed by atoms with E-state index in [2.05, 4.69) is 56.9 Å². The van der Waals surface area contributed by atoms with Gasteiger partial charge in [-0.25, -0.2) is 47.4 Å². The number of rotatable bonds is 34. The lowest BCUT2D eigenvalue weighted by Gasteiger charge is -2.47. The second-order valence-electron chi connectivity index (χ2n) is 29.5. The molecule has 8 rings (SSSR count). The molecule has 5 heterocycles. The molecule has 0 saturated carbocycles. The van der Waals surface area contributed by atoms with Crippen LogP contribution in [0, 0.1) is 47.1 Å². The van der Waals surface area contributed by atoms with E-state index in [4.69, 9.17) is 14.0 Å². The number of nitrogens with zero attached hydrogens (tertiary/aromatic N) is 7. The maximum absolute atomic E-state index is 16.9. The van der Waals surface area contributed by atoms with Crippen molar-refractivity contribution in [1.82, 2.24) is 51.0 Å². The van der Waals surface area contributed by atoms with Crippen LogP contribution >= 0.6 is 7.82 Å². The van der Waals surface area contributed by atoms with E-state index in [1.165, 1.54) is 63.5 Å². The summed E-state index contributed by atoms with van der Waals surface area (Å²) in [6.45, 7) is 2.65. The molecule has 2 bridgehead atoms. The monoisotopic (exact) mass is 1630 g/mol. The van der Waals surface area contributed by atoms with Gasteiger partial charge >= 0.3 is 56.8 Å². The third-order valence-corrected chi connectivity index (χ3v) is 20.3. The predicted molar refractivity (Wildman–Crippen MR) is 379 cm³/mol. The Kier molecular flexibility index (Phi) is 28.6. The summed E-state index contributed by atoms with van der Waals surface area (Å²) in [5.41, 5.74) is -8.10. The number of phosphoric ester groups is 1. The molecule has 3 aromatic carbocycles. The number of phosphoric acid groups is 1. The molecular weight excluding hydrogens is 1540 g/mol. The Morgan fingerprint density at radius 3 is 1.87 bits per heavy atom. The number of hydrazine groups is 1. The molecule has 0 spiro atoms. The van der Waals surface area contributed by atoms with Gasteiger partial charge in [-0.15, -0.1) is 0 Å². The number of carbonyl (C=O) groups is 8. The number of Topliss-reactive ketones (excluding diaryl/α,β-unsaturated/α-hetero) is 1. The van der Waals surface area contributed by atoms with Gasteiger partial charge in [0.15, 0.2) is 5.78 Å². The number of methoxy groups -OCH3 is 2. The van der Waals surface area contributed by atoms with Gasteiger partial charge in [-0.05, 0) is 120 Å². The summed E-state index contributed by atoms with van der Waals surface area (Å²) in [5, 5.41) is 29.2. The molecule has 3 unspecified atom stereocenters. The molecule has 3 aliphatic rings. The number of aromatic nitrogens is 4. The van der Waals surface area contributed by atoms with Crippen LogP contribution in [0.25, 0.3) is 11.3 Å². The summed E-state index contributed by atoms with van der Waals surface area (Å²) in [5.74, 6) is -8.10. The van der Waals surface area contributed by atoms with Gasteiger partial charge in [0.25, 0.3) is 5.91 Å². The Morgan fingerprint density at radius 2 is 1.35 bits per heavy atom. The van der Waals surface area contributed by atoms with Crippen LogP contribution in [0.3, 0.4) is 0 Å². The SMILES string of the molecule is COC(=O)N[C@H](C(=O)C[C@@H](Cc1ccc(C#Cc2cnc(N3CC4CCC(C3)N4C3COC3)nc2)cc1)[C@H](CN(Cc1c(F)cc(-c2ccn(C(F)F)n2)cc1F)NC(=O)[C@@H](NC(=O)OC)C(C)(C)C(F)(F)F)OC(=O)CC(C)(C)c1c(CC(=O)NC(CCCC(=O)O)C(=O)O)cc(C)cc1OP(=O)(O)O)C(C)(C)C(F)(F)F. The zero-order chi connectivity index (χ0) is 83.6. The number of amides is 4. The van der Waals surface area contributed by atoms with Gasteiger partial charge in [-0.3, -0.25) is 44.1 Å². The average molecular weight is 1630 g/mol. The van der Waals surface area contributed by atoms with Crippen molar-refractivity contribution >= 4 is 61.5 Å². The minimum absolute atomic E-state index is 0.120. The molecule has 5 aromatic rings. The Hall–Kier alpha value is -10.0. The molecule has 4 amide bonds. The fourth-order valence-corrected chi connectivity index (χ4v) is 14.1. The maximum atomic E-state index is 16.9. The van der Waals surface area contributed by atoms with E-state index in [0.717, 1.165) is 38.3 Å². The van der Waals surface area contributed by atoms with Crippen LogP contribution in [-0.2, 0) is 77.1 Å². The van der Waals surface area contributed by atoms with Crippen LogP contribution in [0.2, 0.25) is 0 Å². The molecule has 0 aliphatic carbocycles. The number of fused-ring (bicyclic) bond motifs is 2. The summed E-state index contributed by atoms with van der Waals surface area (Å²) in [4.78, 5) is 143. The predicted octanol–water partition coefficient (Wildman–Crippen LogP) is 9.17. The van der Waals surface area contributed by atoms with E-state index in [0.29, 0.717) is 113 Å². The molecule has 0 radical (unpaired) electrons. The van der Waals surface area contributed by atoms with E-state index in [1.54, 1.807) is 5.32 Å². The number of hydrogen-bond acceptors (Lipinski definition) is 20. The second-order valence-corrected chi connectivity index (χ2v) is 30.6. The quantitative estimate of drug-likeness (QED) is 0.00475. The van der Waals surface area contributed by atoms with Gasteiger partial charge in [-0.1, -0.05) is 43.9 Å². The number of carbonyl (C=O) groups excluding carboxylic acids is 6. The van der Waals surface area contributed by atoms with E-state index in [1.807, 2.05) is 5.32 Å². The number of ether oxygens (including phenoxy) is 4. The fourth-order valence-electron chi connectivity index (χ4n) is 13.7. The highest BCUT2D eigenvalue weighted by atomic mass is 31.2. The molecule has 7 atom stereocenters. The van der Waals surface area contributed by atoms with Crippen molar-refractivity contribution in [2.45, 2.75) is 179 Å². The van der Waals surface area contributed by atoms with Crippen molar-refractivity contribution in [3.05, 3.63) is 124 Å². The zero-order valence-electron chi connectivity index (χ0n) is 62.6. The first kappa shape index (κ1) is 88.6. The summed E-state index contributed by atoms with van der Waals surface area (Å²) in [6.07, 6.45) is -15.4. The number of piperazine rings is 1. The molecule has 8 N–H and O–H groups in total. The summed E-state index contributed by atoms with van der Waals surface area (Å²) < 4.78 is 192. The number of carboxylic acids is 2. The molecule has 3 saturated heterocycles. The smallest absolute Gasteiger partial charge is 0.481 e. The Bertz CT molecular complexity index is 4380. The third kappa shape index (κ3) is 22.9. The third-order valence-electron chi connectivity index (χ3n) is 19.9. The lowest BCUT2D eigenvalue weighted by Crippen LogP contribution is -2.62. The number of hydrogen-bond donors (Lipinski definition) is 8. The number of esters is 1. The zero-order valence-corrected chi connectivity index (χ0v) is 63.5. The standard InChI is InChI=1S/C73H86F10N11O18P/c1-39-23-45(29-57(96)86-53(64(101)102)11-10-12-58(97)98)60(55(24-39)112-113(105,106)107)69(2,3)30-59(99)111-56(36-92(90-63(100)62(88-68(104)109-9)71(6,7)73(81,82)83)35-49-50(74)26-43(27-51(49)75)52-21-22-93(89-52)65(76)77)44(28-54(95)61(87-67(103)108-8)70(4,5)72(78,79)80)25-41-16-13-40(14-17-41)15-18-42-31-84-66(85-32-42)91-33-46-19-20-47(34-91)94(46)48-37-110-38-48/h13-14,16-17,21-24,26-27,31-32,44,46-48,53,56,61-62,65H,10-12,19-20,25,28-30,33-38H2,1-9H3,(H,86,96)(H,87,103)(H,88,104)(H,90,100)(H,97,98)(H,101,102)(H2,105,106,107)/t44-,46?,47?,53?,56+,61-,62-/m1/s1. The number of aryl methyl sites for hydroxylation is 1. The van der Waals surface area contributed by atoms with E-state index >= 15 is 44.7 Å². The van der Waals surface area contributed by atoms with E-state index in [9.17, 15) is 62.1 Å². The number of alkyl carbamates (subject to hydrolysis) is 2. The summed E-state index contributed by atoms with van der Waals surface area (Å²) in [6, 6.07) is 4.04. The van der Waals surface area contributed by atoms with E-state index < -0.39 is 207 Å². The molecule has 40 heteroatoms. The Labute approximate surface area is 641 Å². The average Bonchev–Trinajstić information content (AvgIpc) is 1.73. The number of halogens is 10. The highest BCUT2D eigenvalue weighted by Crippen LogP contribution is 2.47. The fraction of sp³-hybridized carbons (Fsp3) is 0.521. The van der Waals surface area contributed by atoms with Gasteiger partial charge < -0.3 is 54.5 Å². The molecular formula is C73H86F10N11O18P. The lowest BCUT2D eigenvalue weighted by atomic mass is 9.77. The van der Waals surface area contributed by atoms with Crippen molar-refractivity contribution in [2.75, 3.05) is 52.0 Å². The van der Waals surface area contributed by atoms with Gasteiger partial charge in [0.1, 0.15) is 41.6 Å². The molecule has 29 nitrogen and oxygen atoms in total. The van der Waals surface area contributed by atoms with Crippen molar-refractivity contribution in [1.29, 1.82) is 0 Å². The summed E-state index contributed by atoms with van der Waals surface area (Å²) >= 11 is 0. The number of anilines is 1. The number of alkyl halides is 8. The number of nitrogens with one attached hydrogen (secondary N) is 4. The minimum Gasteiger partial charge on any atom is -0.481 e. The number of carboxylic acid groups (broad SMARTS) is 2. The van der Waals surface area contributed by atoms with Crippen LogP contribution < -0.4 is 30.8 Å². The number of aliphatic carboxylic acids is 2. The molecule has 3 fully saturated rings. The van der Waals surface area contributed by atoms with E-state index in [-0.39, 0.29) is 33.4 Å². The van der Waals surface area contributed by atoms with Gasteiger partial charge in [0, 0.05) is 96.7 Å². The first-order valence-corrected chi connectivity index (χ1v) is 36.8. The van der Waals surface area contributed by atoms with Crippen molar-refractivity contribution in [3.8, 4) is 28.8 Å². The van der Waals surface area contributed by atoms with Crippen LogP contribution in [0.1, 0.15) is 132 Å². The highest BCUT2D eigenvalue weighted by molar-refractivity contribution is 7.46. The lowest BCUT2D eigenvalue weighted by molar-refractivity contribution is -0.221. The number of ketones is 1. The maximum Gasteiger partial charge on any atom is 0.524 e. The Morgan fingerprint density at radius 1 is 0.770 bits per heavy atom. The van der Waals surface area contributed by atoms with Crippen LogP contribution in [-0.4, -0.2) is 199 Å². The van der Waals surface area contributed by atoms with Gasteiger partial charge in [0.2, 0.25) is 11.9 Å². The van der Waals surface area contributed by atoms with Crippen LogP contribution in [0.15, 0.2) is 73.2 Å². The first-order chi connectivity index (χ1) is 52.7. The number of benzene rings is 3. The first-order valence-electron chi connectivity index (χ1n) is 35.3. The minimum atomic E-state index is -5.64. The Balaban J connectivity index is 1.27. The van der Waals surface area contributed by atoms with Crippen molar-refractivity contribution in [2.24, 2.45) is 16.7 Å². The highest BCUT2D eigenvalue weighted by Gasteiger charge is 2.58. The topological polar surface area (TPSA) is 382 Å². The second kappa shape index (κ2) is 36.4. The normalized spacial score (nSPS) is 17.0. The molecule has 2 aromatic heterocycles. The van der Waals surface area contributed by atoms with Crippen molar-refractivity contribution < 1.29 is 130 Å². The van der Waals surface area contributed by atoms with Crippen LogP contribution in [0.5, 0.6) is 5.75 Å². The largest absolute Gasteiger partial charge is 0.524 e. The van der Waals surface area contributed by atoms with Crippen molar-refractivity contribution in [3.63, 3.8) is 0 Å². The molecule has 616 valence electrons. The molecule has 113 heavy (non-hydrogen) atoms.